The number of likely N-dealkylation sites (tertiary alicyclic amines) is 1. The summed E-state index contributed by atoms with van der Waals surface area (Å²) in [5.41, 5.74) is 5.62. The van der Waals surface area contributed by atoms with Crippen LogP contribution in [0.15, 0.2) is 0 Å². The molecule has 1 rings (SSSR count). The van der Waals surface area contributed by atoms with Gasteiger partial charge in [0.2, 0.25) is 0 Å². The average Bonchev–Trinajstić information content (AvgIpc) is 2.16. The first-order valence-corrected chi connectivity index (χ1v) is 5.94. The largest absolute Gasteiger partial charge is 0.391 e. The number of rotatable bonds is 4. The van der Waals surface area contributed by atoms with Gasteiger partial charge in [-0.3, -0.25) is 0 Å². The van der Waals surface area contributed by atoms with Crippen molar-refractivity contribution in [3.63, 3.8) is 0 Å². The Balaban J connectivity index is 2.17. The normalized spacial score (nSPS) is 22.3. The number of piperidine rings is 1. The third kappa shape index (κ3) is 4.70. The van der Waals surface area contributed by atoms with Gasteiger partial charge in [-0.2, -0.15) is 13.2 Å². The second-order valence-corrected chi connectivity index (χ2v) is 4.78. The number of hydrogen-bond donors (Lipinski definition) is 1. The van der Waals surface area contributed by atoms with Gasteiger partial charge in [0.15, 0.2) is 0 Å². The summed E-state index contributed by atoms with van der Waals surface area (Å²) < 4.78 is 37.2. The molecule has 5 heteroatoms. The molecule has 0 saturated carbocycles. The van der Waals surface area contributed by atoms with Crippen molar-refractivity contribution in [1.29, 1.82) is 0 Å². The van der Waals surface area contributed by atoms with Crippen molar-refractivity contribution in [3.05, 3.63) is 0 Å². The molecule has 0 amide bonds. The molecule has 2 nitrogen and oxygen atoms in total. The summed E-state index contributed by atoms with van der Waals surface area (Å²) in [7, 11) is 0. The predicted octanol–water partition coefficient (Wildman–Crippen LogP) is 2.39. The topological polar surface area (TPSA) is 29.3 Å². The summed E-state index contributed by atoms with van der Waals surface area (Å²) in [6, 6.07) is 0.188. The summed E-state index contributed by atoms with van der Waals surface area (Å²) in [6.07, 6.45) is -1.57. The zero-order chi connectivity index (χ0) is 12.2. The van der Waals surface area contributed by atoms with Crippen LogP contribution in [0.1, 0.15) is 32.6 Å². The predicted molar refractivity (Wildman–Crippen MR) is 58.1 cm³/mol. The van der Waals surface area contributed by atoms with E-state index in [2.05, 4.69) is 4.90 Å². The summed E-state index contributed by atoms with van der Waals surface area (Å²) in [4.78, 5) is 2.12. The van der Waals surface area contributed by atoms with E-state index in [1.54, 1.807) is 0 Å². The minimum atomic E-state index is -4.00. The Morgan fingerprint density at radius 3 is 2.31 bits per heavy atom. The highest BCUT2D eigenvalue weighted by Crippen LogP contribution is 2.34. The fraction of sp³-hybridized carbons (Fsp3) is 1.00. The van der Waals surface area contributed by atoms with E-state index < -0.39 is 12.1 Å². The molecule has 1 atom stereocenters. The number of alkyl halides is 3. The fourth-order valence-electron chi connectivity index (χ4n) is 2.12. The highest BCUT2D eigenvalue weighted by atomic mass is 19.4. The Labute approximate surface area is 95.0 Å². The smallest absolute Gasteiger partial charge is 0.328 e. The molecule has 1 heterocycles. The molecular formula is C11H21F3N2. The summed E-state index contributed by atoms with van der Waals surface area (Å²) in [5, 5.41) is 0. The van der Waals surface area contributed by atoms with E-state index in [9.17, 15) is 13.2 Å². The SMILES string of the molecule is CC(N)CCCN1CCC(C(F)(F)F)CC1. The van der Waals surface area contributed by atoms with Crippen molar-refractivity contribution in [2.75, 3.05) is 19.6 Å². The standard InChI is InChI=1S/C11H21F3N2/c1-9(15)3-2-6-16-7-4-10(5-8-16)11(12,13)14/h9-10H,2-8,15H2,1H3. The van der Waals surface area contributed by atoms with Crippen LogP contribution in [-0.4, -0.2) is 36.8 Å². The maximum Gasteiger partial charge on any atom is 0.391 e. The first kappa shape index (κ1) is 13.8. The zero-order valence-electron chi connectivity index (χ0n) is 9.76. The molecule has 0 aromatic heterocycles. The van der Waals surface area contributed by atoms with Crippen molar-refractivity contribution in [2.45, 2.75) is 44.8 Å². The minimum Gasteiger partial charge on any atom is -0.328 e. The highest BCUT2D eigenvalue weighted by Gasteiger charge is 2.40. The second kappa shape index (κ2) is 5.87. The van der Waals surface area contributed by atoms with Crippen LogP contribution >= 0.6 is 0 Å². The highest BCUT2D eigenvalue weighted by molar-refractivity contribution is 4.77. The van der Waals surface area contributed by atoms with E-state index in [1.165, 1.54) is 0 Å². The lowest BCUT2D eigenvalue weighted by molar-refractivity contribution is -0.185. The molecule has 0 aromatic carbocycles. The van der Waals surface area contributed by atoms with E-state index in [1.807, 2.05) is 6.92 Å². The van der Waals surface area contributed by atoms with Gasteiger partial charge in [-0.1, -0.05) is 0 Å². The van der Waals surface area contributed by atoms with Crippen molar-refractivity contribution in [2.24, 2.45) is 11.7 Å². The van der Waals surface area contributed by atoms with E-state index in [4.69, 9.17) is 5.73 Å². The van der Waals surface area contributed by atoms with Crippen LogP contribution in [0.25, 0.3) is 0 Å². The third-order valence-corrected chi connectivity index (χ3v) is 3.18. The Morgan fingerprint density at radius 2 is 1.88 bits per heavy atom. The van der Waals surface area contributed by atoms with Crippen LogP contribution in [0.3, 0.4) is 0 Å². The van der Waals surface area contributed by atoms with Crippen LogP contribution in [0.4, 0.5) is 13.2 Å². The molecule has 0 radical (unpaired) electrons. The molecule has 1 unspecified atom stereocenters. The van der Waals surface area contributed by atoms with E-state index >= 15 is 0 Å². The lowest BCUT2D eigenvalue weighted by atomic mass is 9.96. The van der Waals surface area contributed by atoms with Crippen molar-refractivity contribution >= 4 is 0 Å². The van der Waals surface area contributed by atoms with Crippen molar-refractivity contribution in [3.8, 4) is 0 Å². The molecule has 1 saturated heterocycles. The first-order valence-electron chi connectivity index (χ1n) is 5.94. The van der Waals surface area contributed by atoms with Gasteiger partial charge in [-0.05, 0) is 52.2 Å². The lowest BCUT2D eigenvalue weighted by Gasteiger charge is -2.32. The molecule has 1 fully saturated rings. The minimum absolute atomic E-state index is 0.188. The van der Waals surface area contributed by atoms with Gasteiger partial charge in [0.05, 0.1) is 5.92 Å². The van der Waals surface area contributed by atoms with Gasteiger partial charge in [-0.25, -0.2) is 0 Å². The molecule has 96 valence electrons. The van der Waals surface area contributed by atoms with Crippen LogP contribution in [0, 0.1) is 5.92 Å². The van der Waals surface area contributed by atoms with Gasteiger partial charge in [0, 0.05) is 6.04 Å². The molecule has 0 aliphatic carbocycles. The first-order chi connectivity index (χ1) is 7.39. The van der Waals surface area contributed by atoms with Gasteiger partial charge < -0.3 is 10.6 Å². The van der Waals surface area contributed by atoms with Crippen LogP contribution in [0.5, 0.6) is 0 Å². The quantitative estimate of drug-likeness (QED) is 0.814. The Morgan fingerprint density at radius 1 is 1.31 bits per heavy atom. The monoisotopic (exact) mass is 238 g/mol. The van der Waals surface area contributed by atoms with Gasteiger partial charge in [0.1, 0.15) is 0 Å². The molecular weight excluding hydrogens is 217 g/mol. The van der Waals surface area contributed by atoms with Gasteiger partial charge >= 0.3 is 6.18 Å². The molecule has 1 aliphatic heterocycles. The van der Waals surface area contributed by atoms with Crippen molar-refractivity contribution in [1.82, 2.24) is 4.90 Å². The molecule has 0 bridgehead atoms. The summed E-state index contributed by atoms with van der Waals surface area (Å²) in [5.74, 6) is -1.09. The van der Waals surface area contributed by atoms with Crippen LogP contribution in [0.2, 0.25) is 0 Å². The van der Waals surface area contributed by atoms with E-state index in [0.717, 1.165) is 19.4 Å². The summed E-state index contributed by atoms with van der Waals surface area (Å²) >= 11 is 0. The average molecular weight is 238 g/mol. The number of nitrogens with two attached hydrogens (primary N) is 1. The Kier molecular flexibility index (Phi) is 5.05. The van der Waals surface area contributed by atoms with Gasteiger partial charge in [0.25, 0.3) is 0 Å². The van der Waals surface area contributed by atoms with Crippen molar-refractivity contribution < 1.29 is 13.2 Å². The van der Waals surface area contributed by atoms with E-state index in [0.29, 0.717) is 13.1 Å². The summed E-state index contributed by atoms with van der Waals surface area (Å²) in [6.45, 7) is 3.98. The molecule has 1 aliphatic rings. The second-order valence-electron chi connectivity index (χ2n) is 4.78. The Hall–Kier alpha value is -0.290. The molecule has 0 aromatic rings. The van der Waals surface area contributed by atoms with Gasteiger partial charge in [-0.15, -0.1) is 0 Å². The lowest BCUT2D eigenvalue weighted by Crippen LogP contribution is -2.39. The number of halogens is 3. The number of nitrogens with zero attached hydrogens (tertiary/aromatic N) is 1. The fourth-order valence-corrected chi connectivity index (χ4v) is 2.12. The molecule has 16 heavy (non-hydrogen) atoms. The van der Waals surface area contributed by atoms with Crippen LogP contribution < -0.4 is 5.73 Å². The number of hydrogen-bond acceptors (Lipinski definition) is 2. The maximum absolute atomic E-state index is 12.4. The molecule has 0 spiro atoms. The molecule has 2 N–H and O–H groups in total. The maximum atomic E-state index is 12.4. The van der Waals surface area contributed by atoms with E-state index in [-0.39, 0.29) is 18.9 Å². The Bertz CT molecular complexity index is 196. The third-order valence-electron chi connectivity index (χ3n) is 3.18. The zero-order valence-corrected chi connectivity index (χ0v) is 9.76. The van der Waals surface area contributed by atoms with Crippen LogP contribution in [-0.2, 0) is 0 Å².